The summed E-state index contributed by atoms with van der Waals surface area (Å²) in [5.74, 6) is -4.89. The van der Waals surface area contributed by atoms with Crippen LogP contribution >= 0.6 is 7.82 Å². The molecule has 0 saturated carbocycles. The zero-order valence-electron chi connectivity index (χ0n) is 78.3. The fourth-order valence-electron chi connectivity index (χ4n) is 14.6. The van der Waals surface area contributed by atoms with Crippen molar-refractivity contribution >= 4 is 78.7 Å². The van der Waals surface area contributed by atoms with Crippen LogP contribution in [-0.2, 0) is 114 Å². The molecule has 0 bridgehead atoms. The van der Waals surface area contributed by atoms with Crippen molar-refractivity contribution in [1.29, 1.82) is 0 Å². The van der Waals surface area contributed by atoms with Gasteiger partial charge in [0.2, 0.25) is 70.9 Å². The molecule has 47 nitrogen and oxygen atoms in total. The van der Waals surface area contributed by atoms with Crippen LogP contribution in [0.5, 0.6) is 0 Å². The molecule has 776 valence electrons. The standard InChI is InChI=1S/C86H157N12O35P/c1-57(103)94-73-79(116)76(113)63(53-100)131-84(73)127-49-46-124-43-40-90-69(109)32-15-13-30-67(107)88-37-24-20-27-61(82(119)93-39-22-11-9-7-5-6-8-10-12-29-66(106)87-36-23-19-26-60(52-99)56-130-134(121,122)123-4)98-83(120)62(97-72(112)35-18-17-34-71(111)92-42-45-126-48-51-129-86-75(96-59(3)105)81(118)78(115)65(55-102)133-86)28-21-25-38-89-68(108)31-14-16-33-70(110)91-41-44-125-47-50-128-85-74(95-58(2)104)80(117)77(114)64(54-101)132-85/h60-65,73-81,84-86,99-102,113-118H,5-56H2,1-4H3,(H,87,106)(H,88,107)(H,89,108)(H,90,109)(H,91,110)(H,92,111)(H,93,119)(H,94,103)(H,95,104)(H,96,105)(H,97,112)(H,98,120)(H,121,122)/t60?,61-,62-,63?,64?,65?,73?,74?,75?,76?,77?,78?,79?,80?,81?,84?,85?,86?/m0/s1. The quantitative estimate of drug-likeness (QED) is 0.0205. The number of ether oxygens (including phenoxy) is 9. The number of aliphatic hydroxyl groups is 10. The Morgan fingerprint density at radius 2 is 0.612 bits per heavy atom. The molecule has 23 N–H and O–H groups in total. The van der Waals surface area contributed by atoms with Crippen molar-refractivity contribution in [3.63, 3.8) is 0 Å². The number of phosphoric acid groups is 1. The van der Waals surface area contributed by atoms with Crippen LogP contribution in [0.1, 0.15) is 220 Å². The Morgan fingerprint density at radius 1 is 0.328 bits per heavy atom. The Balaban J connectivity index is 1.56. The molecule has 3 fully saturated rings. The first kappa shape index (κ1) is 121. The lowest BCUT2D eigenvalue weighted by atomic mass is 9.97. The summed E-state index contributed by atoms with van der Waals surface area (Å²) in [5, 5.41) is 133. The average Bonchev–Trinajstić information content (AvgIpc) is 0.815. The van der Waals surface area contributed by atoms with Crippen molar-refractivity contribution in [3.05, 3.63) is 0 Å². The Morgan fingerprint density at radius 3 is 0.933 bits per heavy atom. The van der Waals surface area contributed by atoms with Gasteiger partial charge < -0.3 is 162 Å². The van der Waals surface area contributed by atoms with Crippen molar-refractivity contribution in [1.82, 2.24) is 63.8 Å². The third kappa shape index (κ3) is 54.4. The van der Waals surface area contributed by atoms with E-state index in [9.17, 15) is 118 Å². The first-order valence-corrected chi connectivity index (χ1v) is 48.7. The summed E-state index contributed by atoms with van der Waals surface area (Å²) >= 11 is 0. The Bertz CT molecular complexity index is 3380. The first-order valence-electron chi connectivity index (χ1n) is 47.2. The van der Waals surface area contributed by atoms with Crippen LogP contribution in [0, 0.1) is 5.92 Å². The van der Waals surface area contributed by atoms with Gasteiger partial charge in [0.05, 0.1) is 85.9 Å². The topological polar surface area (TPSA) is 690 Å². The van der Waals surface area contributed by atoms with Gasteiger partial charge in [0, 0.05) is 131 Å². The predicted octanol–water partition coefficient (Wildman–Crippen LogP) is -3.83. The normalized spacial score (nSPS) is 22.8. The van der Waals surface area contributed by atoms with Gasteiger partial charge in [0.1, 0.15) is 85.1 Å². The Kier molecular flexibility index (Phi) is 66.2. The van der Waals surface area contributed by atoms with Crippen LogP contribution < -0.4 is 63.8 Å². The van der Waals surface area contributed by atoms with Gasteiger partial charge >= 0.3 is 7.82 Å². The molecule has 17 unspecified atom stereocenters. The van der Waals surface area contributed by atoms with Gasteiger partial charge in [-0.2, -0.15) is 0 Å². The molecule has 0 spiro atoms. The molecule has 3 aliphatic rings. The maximum atomic E-state index is 14.5. The van der Waals surface area contributed by atoms with Gasteiger partial charge in [-0.25, -0.2) is 4.57 Å². The fourth-order valence-corrected chi connectivity index (χ4v) is 15.1. The molecule has 134 heavy (non-hydrogen) atoms. The monoisotopic (exact) mass is 1950 g/mol. The lowest BCUT2D eigenvalue weighted by Crippen LogP contribution is -2.64. The number of rotatable bonds is 78. The van der Waals surface area contributed by atoms with E-state index in [1.165, 1.54) is 20.8 Å². The fraction of sp³-hybridized carbons (Fsp3) is 0.860. The second-order valence-corrected chi connectivity index (χ2v) is 34.9. The molecule has 48 heteroatoms. The molecule has 3 saturated heterocycles. The second-order valence-electron chi connectivity index (χ2n) is 33.4. The molecule has 0 aliphatic carbocycles. The van der Waals surface area contributed by atoms with E-state index in [4.69, 9.17) is 47.2 Å². The summed E-state index contributed by atoms with van der Waals surface area (Å²) in [5.41, 5.74) is 0. The van der Waals surface area contributed by atoms with Gasteiger partial charge in [-0.1, -0.05) is 51.4 Å². The lowest BCUT2D eigenvalue weighted by molar-refractivity contribution is -0.272. The molecule has 3 heterocycles. The summed E-state index contributed by atoms with van der Waals surface area (Å²) in [4.78, 5) is 163. The molecular formula is C86H157N12O35P. The first-order chi connectivity index (χ1) is 64.3. The summed E-state index contributed by atoms with van der Waals surface area (Å²) in [6.45, 7) is 3.36. The van der Waals surface area contributed by atoms with Crippen LogP contribution in [0.2, 0.25) is 0 Å². The highest BCUT2D eigenvalue weighted by atomic mass is 31.2. The molecule has 3 aliphatic heterocycles. The third-order valence-electron chi connectivity index (χ3n) is 22.1. The molecule has 3 rings (SSSR count). The second kappa shape index (κ2) is 73.2. The summed E-state index contributed by atoms with van der Waals surface area (Å²) in [6.07, 6.45) is -1.37. The molecule has 0 aromatic carbocycles. The minimum Gasteiger partial charge on any atom is -0.396 e. The highest BCUT2D eigenvalue weighted by molar-refractivity contribution is 7.47. The van der Waals surface area contributed by atoms with Gasteiger partial charge in [-0.3, -0.25) is 66.6 Å². The van der Waals surface area contributed by atoms with Gasteiger partial charge in [-0.05, 0) is 103 Å². The summed E-state index contributed by atoms with van der Waals surface area (Å²) < 4.78 is 71.0. The Labute approximate surface area is 784 Å². The number of nitrogens with one attached hydrogen (secondary N) is 12. The maximum absolute atomic E-state index is 14.5. The number of phosphoric ester groups is 1. The minimum absolute atomic E-state index is 0.00929. The summed E-state index contributed by atoms with van der Waals surface area (Å²) in [6, 6.07) is -5.57. The van der Waals surface area contributed by atoms with Crippen molar-refractivity contribution in [2.24, 2.45) is 5.92 Å². The number of carbonyl (C=O) groups excluding carboxylic acids is 12. The van der Waals surface area contributed by atoms with Crippen LogP contribution in [-0.4, -0.2) is 376 Å². The zero-order chi connectivity index (χ0) is 98.9. The third-order valence-corrected chi connectivity index (χ3v) is 23.1. The van der Waals surface area contributed by atoms with Gasteiger partial charge in [0.15, 0.2) is 18.9 Å². The number of carbonyl (C=O) groups is 12. The van der Waals surface area contributed by atoms with E-state index in [2.05, 4.69) is 68.3 Å². The van der Waals surface area contributed by atoms with Crippen molar-refractivity contribution in [3.8, 4) is 0 Å². The SMILES string of the molecule is COP(=O)(O)OCC(CO)CCCCNC(=O)CCCCCCCCCCCNC(=O)[C@H](CCCCNC(=O)CCCCC(=O)NCCOCCOC1OC(CO)C(O)C(O)C1NC(C)=O)NC(=O)[C@H](CCCCNC(=O)CCCCC(=O)NCCOCCOC1OC(CO)C(O)C(O)C1NC(C)=O)NC(=O)CCCCC(=O)NCCOCCOC1OC(CO)C(O)C(O)C1NC(C)=O. The van der Waals surface area contributed by atoms with Gasteiger partial charge in [0.25, 0.3) is 0 Å². The number of hydrogen-bond donors (Lipinski definition) is 23. The number of amides is 12. The van der Waals surface area contributed by atoms with E-state index in [1.807, 2.05) is 0 Å². The summed E-state index contributed by atoms with van der Waals surface area (Å²) in [7, 11) is -3.08. The van der Waals surface area contributed by atoms with Crippen LogP contribution in [0.15, 0.2) is 0 Å². The molecule has 0 radical (unpaired) electrons. The number of aliphatic hydroxyl groups excluding tert-OH is 10. The van der Waals surface area contributed by atoms with E-state index in [-0.39, 0.29) is 211 Å². The van der Waals surface area contributed by atoms with Gasteiger partial charge in [-0.15, -0.1) is 0 Å². The molecule has 0 aromatic heterocycles. The van der Waals surface area contributed by atoms with Crippen molar-refractivity contribution < 1.29 is 170 Å². The lowest BCUT2D eigenvalue weighted by Gasteiger charge is -2.42. The van der Waals surface area contributed by atoms with Crippen molar-refractivity contribution in [2.45, 2.75) is 324 Å². The number of unbranched alkanes of at least 4 members (excludes halogenated alkanes) is 14. The maximum Gasteiger partial charge on any atom is 0.471 e. The van der Waals surface area contributed by atoms with E-state index in [0.717, 1.165) is 58.5 Å². The minimum atomic E-state index is -4.14. The zero-order valence-corrected chi connectivity index (χ0v) is 79.2. The van der Waals surface area contributed by atoms with E-state index >= 15 is 0 Å². The highest BCUT2D eigenvalue weighted by Crippen LogP contribution is 2.42. The largest absolute Gasteiger partial charge is 0.471 e. The van der Waals surface area contributed by atoms with E-state index < -0.39 is 167 Å². The van der Waals surface area contributed by atoms with Crippen LogP contribution in [0.25, 0.3) is 0 Å². The average molecular weight is 1950 g/mol. The highest BCUT2D eigenvalue weighted by Gasteiger charge is 2.48. The van der Waals surface area contributed by atoms with E-state index in [1.54, 1.807) is 0 Å². The molecular weight excluding hydrogens is 1790 g/mol. The smallest absolute Gasteiger partial charge is 0.396 e. The Hall–Kier alpha value is -7.01. The molecule has 0 aromatic rings. The van der Waals surface area contributed by atoms with Crippen LogP contribution in [0.3, 0.4) is 0 Å². The van der Waals surface area contributed by atoms with Crippen molar-refractivity contribution in [2.75, 3.05) is 145 Å². The molecule has 19 atom stereocenters. The number of hydrogen-bond acceptors (Lipinski definition) is 34. The molecule has 12 amide bonds. The predicted molar refractivity (Wildman–Crippen MR) is 478 cm³/mol. The van der Waals surface area contributed by atoms with E-state index in [0.29, 0.717) is 96.6 Å². The van der Waals surface area contributed by atoms with Crippen LogP contribution in [0.4, 0.5) is 0 Å².